The SMILES string of the molecule is CC(CCCNc1ncccc1C(N)=O)C(=O)O. The first kappa shape index (κ1) is 14.0. The second-order valence-corrected chi connectivity index (χ2v) is 4.07. The summed E-state index contributed by atoms with van der Waals surface area (Å²) in [6.45, 7) is 2.22. The summed E-state index contributed by atoms with van der Waals surface area (Å²) >= 11 is 0. The third-order valence-corrected chi connectivity index (χ3v) is 2.60. The molecule has 0 aliphatic rings. The Bertz CT molecular complexity index is 434. The Hall–Kier alpha value is -2.11. The summed E-state index contributed by atoms with van der Waals surface area (Å²) in [7, 11) is 0. The van der Waals surface area contributed by atoms with Gasteiger partial charge in [-0.25, -0.2) is 4.98 Å². The van der Waals surface area contributed by atoms with Crippen molar-refractivity contribution in [3.8, 4) is 0 Å². The quantitative estimate of drug-likeness (QED) is 0.629. The topological polar surface area (TPSA) is 105 Å². The van der Waals surface area contributed by atoms with Gasteiger partial charge in [-0.1, -0.05) is 6.92 Å². The first-order chi connectivity index (χ1) is 8.52. The van der Waals surface area contributed by atoms with Crippen molar-refractivity contribution in [1.29, 1.82) is 0 Å². The molecule has 0 fully saturated rings. The lowest BCUT2D eigenvalue weighted by Gasteiger charge is -2.09. The van der Waals surface area contributed by atoms with Crippen molar-refractivity contribution in [3.63, 3.8) is 0 Å². The van der Waals surface area contributed by atoms with Crippen LogP contribution >= 0.6 is 0 Å². The summed E-state index contributed by atoms with van der Waals surface area (Å²) < 4.78 is 0. The minimum atomic E-state index is -0.800. The molecule has 1 aromatic rings. The summed E-state index contributed by atoms with van der Waals surface area (Å²) in [6, 6.07) is 3.23. The van der Waals surface area contributed by atoms with Crippen LogP contribution < -0.4 is 11.1 Å². The molecule has 0 saturated carbocycles. The molecule has 1 heterocycles. The highest BCUT2D eigenvalue weighted by atomic mass is 16.4. The number of nitrogens with one attached hydrogen (secondary N) is 1. The zero-order chi connectivity index (χ0) is 13.5. The van der Waals surface area contributed by atoms with Gasteiger partial charge >= 0.3 is 5.97 Å². The number of rotatable bonds is 7. The van der Waals surface area contributed by atoms with Crippen LogP contribution in [0, 0.1) is 5.92 Å². The number of nitrogens with two attached hydrogens (primary N) is 1. The van der Waals surface area contributed by atoms with E-state index in [2.05, 4.69) is 10.3 Å². The number of nitrogens with zero attached hydrogens (tertiary/aromatic N) is 1. The van der Waals surface area contributed by atoms with Gasteiger partial charge in [0.2, 0.25) is 0 Å². The van der Waals surface area contributed by atoms with E-state index in [9.17, 15) is 9.59 Å². The lowest BCUT2D eigenvalue weighted by molar-refractivity contribution is -0.141. The van der Waals surface area contributed by atoms with Gasteiger partial charge in [-0.3, -0.25) is 9.59 Å². The smallest absolute Gasteiger partial charge is 0.306 e. The lowest BCUT2D eigenvalue weighted by Crippen LogP contribution is -2.16. The maximum Gasteiger partial charge on any atom is 0.306 e. The van der Waals surface area contributed by atoms with Crippen molar-refractivity contribution < 1.29 is 14.7 Å². The second kappa shape index (κ2) is 6.58. The molecule has 1 atom stereocenters. The summed E-state index contributed by atoms with van der Waals surface area (Å²) in [5.74, 6) is -1.27. The highest BCUT2D eigenvalue weighted by Gasteiger charge is 2.11. The summed E-state index contributed by atoms with van der Waals surface area (Å²) in [5.41, 5.74) is 5.55. The molecule has 1 aromatic heterocycles. The maximum absolute atomic E-state index is 11.1. The Labute approximate surface area is 105 Å². The molecule has 6 nitrogen and oxygen atoms in total. The summed E-state index contributed by atoms with van der Waals surface area (Å²) in [4.78, 5) is 25.8. The van der Waals surface area contributed by atoms with Crippen molar-refractivity contribution in [2.24, 2.45) is 11.7 Å². The molecule has 0 saturated heterocycles. The summed E-state index contributed by atoms with van der Waals surface area (Å²) in [6.07, 6.45) is 2.82. The predicted molar refractivity (Wildman–Crippen MR) is 67.3 cm³/mol. The Kier molecular flexibility index (Phi) is 5.10. The minimum absolute atomic E-state index is 0.337. The number of carboxylic acid groups (broad SMARTS) is 1. The summed E-state index contributed by atoms with van der Waals surface area (Å²) in [5, 5.41) is 11.7. The van der Waals surface area contributed by atoms with Crippen LogP contribution in [0.1, 0.15) is 30.1 Å². The number of hydrogen-bond donors (Lipinski definition) is 3. The first-order valence-electron chi connectivity index (χ1n) is 5.74. The first-order valence-corrected chi connectivity index (χ1v) is 5.74. The predicted octanol–water partition coefficient (Wildman–Crippen LogP) is 1.09. The molecule has 0 aliphatic carbocycles. The molecule has 18 heavy (non-hydrogen) atoms. The number of carbonyl (C=O) groups is 2. The molecule has 0 aliphatic heterocycles. The van der Waals surface area contributed by atoms with Gasteiger partial charge in [-0.2, -0.15) is 0 Å². The van der Waals surface area contributed by atoms with Crippen molar-refractivity contribution in [2.75, 3.05) is 11.9 Å². The lowest BCUT2D eigenvalue weighted by atomic mass is 10.1. The molecule has 1 amide bonds. The van der Waals surface area contributed by atoms with Gasteiger partial charge in [0.15, 0.2) is 0 Å². The van der Waals surface area contributed by atoms with Crippen LogP contribution in [0.15, 0.2) is 18.3 Å². The third kappa shape index (κ3) is 4.04. The van der Waals surface area contributed by atoms with Crippen LogP contribution in [-0.4, -0.2) is 28.5 Å². The number of amides is 1. The van der Waals surface area contributed by atoms with E-state index in [4.69, 9.17) is 10.8 Å². The fourth-order valence-electron chi connectivity index (χ4n) is 1.48. The number of aliphatic carboxylic acids is 1. The standard InChI is InChI=1S/C12H17N3O3/c1-8(12(17)18)4-2-6-14-11-9(10(13)16)5-3-7-15-11/h3,5,7-8H,2,4,6H2,1H3,(H2,13,16)(H,14,15)(H,17,18). The van der Waals surface area contributed by atoms with E-state index in [1.165, 1.54) is 0 Å². The Morgan fingerprint density at radius 3 is 2.89 bits per heavy atom. The molecular formula is C12H17N3O3. The van der Waals surface area contributed by atoms with Gasteiger partial charge in [0, 0.05) is 12.7 Å². The van der Waals surface area contributed by atoms with Gasteiger partial charge in [0.25, 0.3) is 5.91 Å². The molecule has 0 aromatic carbocycles. The van der Waals surface area contributed by atoms with E-state index < -0.39 is 11.9 Å². The van der Waals surface area contributed by atoms with Crippen LogP contribution in [0.5, 0.6) is 0 Å². The van der Waals surface area contributed by atoms with E-state index in [1.807, 2.05) is 0 Å². The number of carbonyl (C=O) groups excluding carboxylic acids is 1. The molecule has 98 valence electrons. The van der Waals surface area contributed by atoms with Crippen LogP contribution in [0.3, 0.4) is 0 Å². The van der Waals surface area contributed by atoms with E-state index >= 15 is 0 Å². The molecular weight excluding hydrogens is 234 g/mol. The number of aromatic nitrogens is 1. The van der Waals surface area contributed by atoms with Gasteiger partial charge < -0.3 is 16.2 Å². The number of pyridine rings is 1. The largest absolute Gasteiger partial charge is 0.481 e. The molecule has 0 bridgehead atoms. The molecule has 1 unspecified atom stereocenters. The van der Waals surface area contributed by atoms with Crippen LogP contribution in [0.4, 0.5) is 5.82 Å². The highest BCUT2D eigenvalue weighted by Crippen LogP contribution is 2.11. The van der Waals surface area contributed by atoms with Gasteiger partial charge in [-0.15, -0.1) is 0 Å². The number of carboxylic acids is 1. The van der Waals surface area contributed by atoms with Crippen LogP contribution in [0.25, 0.3) is 0 Å². The van der Waals surface area contributed by atoms with Crippen molar-refractivity contribution in [1.82, 2.24) is 4.98 Å². The second-order valence-electron chi connectivity index (χ2n) is 4.07. The molecule has 1 rings (SSSR count). The molecule has 0 spiro atoms. The molecule has 0 radical (unpaired) electrons. The Balaban J connectivity index is 2.45. The Morgan fingerprint density at radius 2 is 2.28 bits per heavy atom. The fourth-order valence-corrected chi connectivity index (χ4v) is 1.48. The zero-order valence-electron chi connectivity index (χ0n) is 10.2. The van der Waals surface area contributed by atoms with Crippen LogP contribution in [0.2, 0.25) is 0 Å². The van der Waals surface area contributed by atoms with Crippen molar-refractivity contribution in [3.05, 3.63) is 23.9 Å². The zero-order valence-corrected chi connectivity index (χ0v) is 10.2. The fraction of sp³-hybridized carbons (Fsp3) is 0.417. The Morgan fingerprint density at radius 1 is 1.56 bits per heavy atom. The number of primary amides is 1. The molecule has 4 N–H and O–H groups in total. The number of anilines is 1. The highest BCUT2D eigenvalue weighted by molar-refractivity contribution is 5.97. The van der Waals surface area contributed by atoms with Gasteiger partial charge in [0.1, 0.15) is 5.82 Å². The average Bonchev–Trinajstić information content (AvgIpc) is 2.34. The van der Waals surface area contributed by atoms with Crippen molar-refractivity contribution >= 4 is 17.7 Å². The van der Waals surface area contributed by atoms with E-state index in [0.29, 0.717) is 30.8 Å². The number of hydrogen-bond acceptors (Lipinski definition) is 4. The van der Waals surface area contributed by atoms with E-state index in [-0.39, 0.29) is 5.92 Å². The maximum atomic E-state index is 11.1. The van der Waals surface area contributed by atoms with E-state index in [1.54, 1.807) is 25.3 Å². The average molecular weight is 251 g/mol. The minimum Gasteiger partial charge on any atom is -0.481 e. The molecule has 6 heteroatoms. The van der Waals surface area contributed by atoms with Crippen molar-refractivity contribution in [2.45, 2.75) is 19.8 Å². The van der Waals surface area contributed by atoms with E-state index in [0.717, 1.165) is 0 Å². The van der Waals surface area contributed by atoms with Gasteiger partial charge in [0.05, 0.1) is 11.5 Å². The van der Waals surface area contributed by atoms with Gasteiger partial charge in [-0.05, 0) is 25.0 Å². The van der Waals surface area contributed by atoms with Crippen LogP contribution in [-0.2, 0) is 4.79 Å². The monoisotopic (exact) mass is 251 g/mol. The third-order valence-electron chi connectivity index (χ3n) is 2.60. The normalized spacial score (nSPS) is 11.8.